The second kappa shape index (κ2) is 9.01. The van der Waals surface area contributed by atoms with Crippen LogP contribution in [0, 0.1) is 6.92 Å². The third-order valence-corrected chi connectivity index (χ3v) is 9.44. The number of fused-ring (bicyclic) bond motifs is 2. The van der Waals surface area contributed by atoms with Crippen molar-refractivity contribution in [2.24, 2.45) is 0 Å². The first kappa shape index (κ1) is 27.2. The lowest BCUT2D eigenvalue weighted by atomic mass is 9.82. The summed E-state index contributed by atoms with van der Waals surface area (Å²) in [5.74, 6) is -2.59. The number of halogens is 3. The van der Waals surface area contributed by atoms with Crippen LogP contribution in [0.4, 0.5) is 24.5 Å². The molecule has 2 aliphatic heterocycles. The van der Waals surface area contributed by atoms with Crippen LogP contribution < -0.4 is 9.80 Å². The van der Waals surface area contributed by atoms with Crippen LogP contribution in [0.5, 0.6) is 0 Å². The van der Waals surface area contributed by atoms with Gasteiger partial charge in [-0.3, -0.25) is 19.2 Å². The molecule has 0 N–H and O–H groups in total. The van der Waals surface area contributed by atoms with Crippen molar-refractivity contribution in [3.05, 3.63) is 130 Å². The second-order valence-electron chi connectivity index (χ2n) is 11.8. The van der Waals surface area contributed by atoms with Crippen molar-refractivity contribution in [3.8, 4) is 0 Å². The van der Waals surface area contributed by atoms with Gasteiger partial charge < -0.3 is 0 Å². The van der Waals surface area contributed by atoms with Crippen LogP contribution in [0.15, 0.2) is 97.1 Å². The topological polar surface area (TPSA) is 74.8 Å². The molecule has 0 fully saturated rings. The number of anilines is 2. The van der Waals surface area contributed by atoms with Crippen molar-refractivity contribution < 1.29 is 32.3 Å². The van der Waals surface area contributed by atoms with Gasteiger partial charge in [0.15, 0.2) is 0 Å². The average Bonchev–Trinajstić information content (AvgIpc) is 3.06. The number of benzene rings is 7. The predicted molar refractivity (Wildman–Crippen MR) is 173 cm³/mol. The Bertz CT molecular complexity index is 2500. The minimum atomic E-state index is -4.79. The molecule has 0 aliphatic carbocycles. The highest BCUT2D eigenvalue weighted by molar-refractivity contribution is 6.45. The van der Waals surface area contributed by atoms with Gasteiger partial charge in [-0.2, -0.15) is 13.2 Å². The Balaban J connectivity index is 1.30. The predicted octanol–water partition coefficient (Wildman–Crippen LogP) is 8.67. The van der Waals surface area contributed by atoms with E-state index in [1.54, 1.807) is 48.5 Å². The first-order valence-electron chi connectivity index (χ1n) is 14.8. The van der Waals surface area contributed by atoms with E-state index in [9.17, 15) is 32.3 Å². The molecule has 9 heteroatoms. The maximum atomic E-state index is 14.0. The van der Waals surface area contributed by atoms with Gasteiger partial charge in [-0.05, 0) is 87.3 Å². The number of para-hydroxylation sites is 2. The number of carbonyl (C=O) groups excluding carboxylic acids is 4. The van der Waals surface area contributed by atoms with E-state index in [1.165, 1.54) is 29.2 Å². The van der Waals surface area contributed by atoms with Crippen LogP contribution in [0.3, 0.4) is 0 Å². The monoisotopic (exact) mass is 624 g/mol. The molecule has 7 aromatic carbocycles. The molecule has 7 aromatic rings. The molecule has 226 valence electrons. The largest absolute Gasteiger partial charge is 0.418 e. The summed E-state index contributed by atoms with van der Waals surface area (Å²) in [6, 6.07) is 25.2. The van der Waals surface area contributed by atoms with E-state index < -0.39 is 41.1 Å². The third-order valence-electron chi connectivity index (χ3n) is 9.44. The second-order valence-corrected chi connectivity index (χ2v) is 11.8. The maximum Gasteiger partial charge on any atom is 0.418 e. The van der Waals surface area contributed by atoms with Gasteiger partial charge in [0, 0.05) is 33.0 Å². The lowest BCUT2D eigenvalue weighted by Gasteiger charge is -2.31. The Morgan fingerprint density at radius 1 is 0.447 bits per heavy atom. The maximum absolute atomic E-state index is 14.0. The van der Waals surface area contributed by atoms with Gasteiger partial charge in [-0.25, -0.2) is 9.80 Å². The van der Waals surface area contributed by atoms with Gasteiger partial charge in [0.1, 0.15) is 0 Å². The lowest BCUT2D eigenvalue weighted by molar-refractivity contribution is -0.137. The van der Waals surface area contributed by atoms with Crippen molar-refractivity contribution in [2.45, 2.75) is 13.1 Å². The summed E-state index contributed by atoms with van der Waals surface area (Å²) in [5.41, 5.74) is 0.621. The van der Waals surface area contributed by atoms with Crippen LogP contribution in [0.25, 0.3) is 43.1 Å². The van der Waals surface area contributed by atoms with Crippen molar-refractivity contribution >= 4 is 78.1 Å². The zero-order chi connectivity index (χ0) is 32.5. The Morgan fingerprint density at radius 3 is 1.21 bits per heavy atom. The molecule has 0 spiro atoms. The number of alkyl halides is 3. The fourth-order valence-electron chi connectivity index (χ4n) is 7.43. The number of nitrogens with zero attached hydrogens (tertiary/aromatic N) is 2. The van der Waals surface area contributed by atoms with Gasteiger partial charge in [0.25, 0.3) is 23.6 Å². The molecule has 0 radical (unpaired) electrons. The quantitative estimate of drug-likeness (QED) is 0.110. The Morgan fingerprint density at radius 2 is 0.809 bits per heavy atom. The molecule has 0 bridgehead atoms. The molecule has 0 unspecified atom stereocenters. The third kappa shape index (κ3) is 3.40. The molecular weight excluding hydrogens is 605 g/mol. The van der Waals surface area contributed by atoms with Crippen molar-refractivity contribution in [1.82, 2.24) is 0 Å². The number of imide groups is 2. The van der Waals surface area contributed by atoms with E-state index in [4.69, 9.17) is 0 Å². The number of hydrogen-bond donors (Lipinski definition) is 0. The zero-order valence-corrected chi connectivity index (χ0v) is 24.4. The molecule has 0 atom stereocenters. The molecule has 0 aromatic heterocycles. The van der Waals surface area contributed by atoms with E-state index in [-0.39, 0.29) is 11.1 Å². The van der Waals surface area contributed by atoms with Gasteiger partial charge in [-0.15, -0.1) is 0 Å². The standard InChI is InChI=1S/C38H19F3N2O4/c1-18-6-2-4-8-28(18)42-34(44)23-14-10-19-21-12-16-25-33-26(37(47)43(36(25)46)29-9-5-3-7-27(29)38(39,40)41)17-13-22(31(21)33)20-11-15-24(35(42)45)32(23)30(19)20/h2-17H,1H3. The number of carbonyl (C=O) groups is 4. The number of aryl methyl sites for hydroxylation is 1. The molecule has 47 heavy (non-hydrogen) atoms. The van der Waals surface area contributed by atoms with Crippen molar-refractivity contribution in [3.63, 3.8) is 0 Å². The van der Waals surface area contributed by atoms with E-state index in [0.29, 0.717) is 64.8 Å². The number of amides is 4. The van der Waals surface area contributed by atoms with Gasteiger partial charge in [-0.1, -0.05) is 54.6 Å². The number of hydrogen-bond acceptors (Lipinski definition) is 4. The molecule has 9 rings (SSSR count). The molecule has 0 saturated heterocycles. The van der Waals surface area contributed by atoms with E-state index in [0.717, 1.165) is 17.7 Å². The summed E-state index contributed by atoms with van der Waals surface area (Å²) >= 11 is 0. The summed E-state index contributed by atoms with van der Waals surface area (Å²) in [5, 5.41) is 4.99. The van der Waals surface area contributed by atoms with Gasteiger partial charge >= 0.3 is 6.18 Å². The summed E-state index contributed by atoms with van der Waals surface area (Å²) in [6.07, 6.45) is -4.79. The molecule has 0 saturated carbocycles. The van der Waals surface area contributed by atoms with Gasteiger partial charge in [0.05, 0.1) is 16.9 Å². The highest BCUT2D eigenvalue weighted by atomic mass is 19.4. The average molecular weight is 625 g/mol. The lowest BCUT2D eigenvalue weighted by Crippen LogP contribution is -2.41. The SMILES string of the molecule is Cc1ccccc1N1C(=O)c2ccc3c4ccc5c6c(ccc(c7ccc(c2c37)C1=O)c64)C(=O)N(c1ccccc1C(F)(F)F)C5=O. The molecular formula is C38H19F3N2O4. The van der Waals surface area contributed by atoms with E-state index in [2.05, 4.69) is 0 Å². The smallest absolute Gasteiger partial charge is 0.268 e. The fourth-order valence-corrected chi connectivity index (χ4v) is 7.43. The van der Waals surface area contributed by atoms with Gasteiger partial charge in [0.2, 0.25) is 0 Å². The Kier molecular flexibility index (Phi) is 5.22. The number of rotatable bonds is 2. The zero-order valence-electron chi connectivity index (χ0n) is 24.4. The summed E-state index contributed by atoms with van der Waals surface area (Å²) < 4.78 is 41.9. The highest BCUT2D eigenvalue weighted by Gasteiger charge is 2.42. The van der Waals surface area contributed by atoms with Crippen LogP contribution >= 0.6 is 0 Å². The van der Waals surface area contributed by atoms with Crippen LogP contribution in [-0.2, 0) is 6.18 Å². The Labute approximate surface area is 263 Å². The first-order valence-corrected chi connectivity index (χ1v) is 14.8. The minimum Gasteiger partial charge on any atom is -0.268 e. The Hall–Kier alpha value is -6.09. The first-order chi connectivity index (χ1) is 22.6. The van der Waals surface area contributed by atoms with Crippen LogP contribution in [0.2, 0.25) is 0 Å². The normalized spacial score (nSPS) is 14.9. The van der Waals surface area contributed by atoms with Crippen molar-refractivity contribution in [1.29, 1.82) is 0 Å². The van der Waals surface area contributed by atoms with Crippen LogP contribution in [0.1, 0.15) is 52.6 Å². The molecule has 2 aliphatic rings. The molecule has 4 amide bonds. The molecule has 2 heterocycles. The van der Waals surface area contributed by atoms with E-state index in [1.807, 2.05) is 19.1 Å². The summed E-state index contributed by atoms with van der Waals surface area (Å²) in [7, 11) is 0. The van der Waals surface area contributed by atoms with E-state index >= 15 is 0 Å². The summed E-state index contributed by atoms with van der Waals surface area (Å²) in [6.45, 7) is 1.84. The minimum absolute atomic E-state index is 0.102. The highest BCUT2D eigenvalue weighted by Crippen LogP contribution is 2.48. The van der Waals surface area contributed by atoms with Crippen molar-refractivity contribution in [2.75, 3.05) is 9.80 Å². The summed E-state index contributed by atoms with van der Waals surface area (Å²) in [4.78, 5) is 57.5. The molecule has 6 nitrogen and oxygen atoms in total. The van der Waals surface area contributed by atoms with Crippen LogP contribution in [-0.4, -0.2) is 23.6 Å². The fraction of sp³-hybridized carbons (Fsp3) is 0.0526.